The predicted molar refractivity (Wildman–Crippen MR) is 150 cm³/mol. The molecule has 2 aliphatic rings. The van der Waals surface area contributed by atoms with E-state index in [0.29, 0.717) is 19.3 Å². The summed E-state index contributed by atoms with van der Waals surface area (Å²) >= 11 is 0. The number of rotatable bonds is 7. The van der Waals surface area contributed by atoms with Crippen LogP contribution in [0, 0.1) is 0 Å². The number of allylic oxidation sites excluding steroid dienone is 1. The Morgan fingerprint density at radius 3 is 2.61 bits per heavy atom. The van der Waals surface area contributed by atoms with Gasteiger partial charge in [0.1, 0.15) is 0 Å². The molecule has 5 rings (SSSR count). The van der Waals surface area contributed by atoms with Crippen molar-refractivity contribution < 1.29 is 13.0 Å². The molecule has 0 radical (unpaired) electrons. The van der Waals surface area contributed by atoms with Crippen LogP contribution < -0.4 is 4.90 Å². The molecule has 0 amide bonds. The van der Waals surface area contributed by atoms with E-state index in [0.717, 1.165) is 23.5 Å². The highest BCUT2D eigenvalue weighted by Gasteiger charge is 2.36. The first-order chi connectivity index (χ1) is 17.1. The molecule has 6 heteroatoms. The molecule has 2 aliphatic heterocycles. The number of aliphatic imine (C=N–C) groups is 1. The summed E-state index contributed by atoms with van der Waals surface area (Å²) < 4.78 is 31.4. The van der Waals surface area contributed by atoms with Gasteiger partial charge in [-0.15, -0.1) is 0 Å². The zero-order valence-electron chi connectivity index (χ0n) is 21.0. The number of nitrogens with zero attached hydrogens (tertiary/aromatic N) is 2. The molecule has 0 unspecified atom stereocenters. The summed E-state index contributed by atoms with van der Waals surface area (Å²) in [6.45, 7) is 5.30. The number of para-hydroxylation sites is 1. The fraction of sp³-hybridized carbons (Fsp3) is 0.300. The third-order valence-corrected chi connectivity index (χ3v) is 8.07. The van der Waals surface area contributed by atoms with Gasteiger partial charge in [0.25, 0.3) is 10.1 Å². The van der Waals surface area contributed by atoms with Gasteiger partial charge in [-0.3, -0.25) is 9.55 Å². The van der Waals surface area contributed by atoms with Crippen LogP contribution in [0.5, 0.6) is 0 Å². The first kappa shape index (κ1) is 24.5. The maximum absolute atomic E-state index is 11.1. The fourth-order valence-electron chi connectivity index (χ4n) is 5.43. The lowest BCUT2D eigenvalue weighted by atomic mass is 9.78. The molecule has 0 atom stereocenters. The number of hydrogen-bond acceptors (Lipinski definition) is 4. The first-order valence-electron chi connectivity index (χ1n) is 12.4. The van der Waals surface area contributed by atoms with Crippen molar-refractivity contribution in [3.8, 4) is 0 Å². The highest BCUT2D eigenvalue weighted by atomic mass is 32.2. The third-order valence-electron chi connectivity index (χ3n) is 7.26. The van der Waals surface area contributed by atoms with Gasteiger partial charge in [0.05, 0.1) is 17.2 Å². The maximum Gasteiger partial charge on any atom is 0.264 e. The van der Waals surface area contributed by atoms with Crippen molar-refractivity contribution in [1.29, 1.82) is 0 Å². The van der Waals surface area contributed by atoms with Crippen LogP contribution in [0.1, 0.15) is 43.4 Å². The molecule has 1 N–H and O–H groups in total. The van der Waals surface area contributed by atoms with Crippen molar-refractivity contribution in [3.05, 3.63) is 89.0 Å². The van der Waals surface area contributed by atoms with Gasteiger partial charge in [-0.25, -0.2) is 0 Å². The van der Waals surface area contributed by atoms with Crippen LogP contribution in [-0.2, 0) is 22.0 Å². The Kier molecular flexibility index (Phi) is 6.35. The summed E-state index contributed by atoms with van der Waals surface area (Å²) in [6.07, 6.45) is 8.40. The highest BCUT2D eigenvalue weighted by molar-refractivity contribution is 7.85. The monoisotopic (exact) mass is 500 g/mol. The Morgan fingerprint density at radius 2 is 1.81 bits per heavy atom. The van der Waals surface area contributed by atoms with Crippen molar-refractivity contribution in [2.45, 2.75) is 38.5 Å². The molecule has 0 aliphatic carbocycles. The number of fused-ring (bicyclic) bond motifs is 4. The fourth-order valence-corrected chi connectivity index (χ4v) is 6.00. The van der Waals surface area contributed by atoms with Crippen molar-refractivity contribution in [1.82, 2.24) is 0 Å². The van der Waals surface area contributed by atoms with Crippen LogP contribution in [-0.4, -0.2) is 38.0 Å². The van der Waals surface area contributed by atoms with Gasteiger partial charge in [0.2, 0.25) is 0 Å². The third kappa shape index (κ3) is 4.75. The zero-order valence-corrected chi connectivity index (χ0v) is 21.8. The number of likely N-dealkylation sites (N-methyl/N-ethyl adjacent to an activating group) is 1. The van der Waals surface area contributed by atoms with Crippen LogP contribution in [0.3, 0.4) is 0 Å². The second-order valence-electron chi connectivity index (χ2n) is 10.3. The van der Waals surface area contributed by atoms with E-state index in [2.05, 4.69) is 92.6 Å². The Hall–Kier alpha value is -3.22. The number of hydrogen-bond donors (Lipinski definition) is 1. The van der Waals surface area contributed by atoms with E-state index < -0.39 is 10.1 Å². The van der Waals surface area contributed by atoms with Crippen molar-refractivity contribution in [3.63, 3.8) is 0 Å². The lowest BCUT2D eigenvalue weighted by Crippen LogP contribution is -2.25. The molecule has 3 aromatic carbocycles. The predicted octanol–water partition coefficient (Wildman–Crippen LogP) is 6.50. The molecule has 0 saturated carbocycles. The van der Waals surface area contributed by atoms with E-state index in [9.17, 15) is 8.42 Å². The molecule has 3 aromatic rings. The van der Waals surface area contributed by atoms with Gasteiger partial charge in [0, 0.05) is 24.7 Å². The van der Waals surface area contributed by atoms with Gasteiger partial charge < -0.3 is 4.90 Å². The van der Waals surface area contributed by atoms with Crippen LogP contribution in [0.2, 0.25) is 0 Å². The molecule has 186 valence electrons. The molecule has 5 nitrogen and oxygen atoms in total. The van der Waals surface area contributed by atoms with Crippen molar-refractivity contribution in [2.24, 2.45) is 4.99 Å². The van der Waals surface area contributed by atoms with Crippen LogP contribution in [0.15, 0.2) is 77.3 Å². The number of aryl methyl sites for hydroxylation is 1. The normalized spacial score (nSPS) is 16.7. The van der Waals surface area contributed by atoms with E-state index in [4.69, 9.17) is 9.55 Å². The Bertz CT molecular complexity index is 1530. The minimum absolute atomic E-state index is 0.210. The summed E-state index contributed by atoms with van der Waals surface area (Å²) in [5, 5.41) is 2.37. The van der Waals surface area contributed by atoms with Crippen molar-refractivity contribution >= 4 is 44.1 Å². The molecule has 2 heterocycles. The molecule has 0 spiro atoms. The molecule has 0 saturated heterocycles. The Morgan fingerprint density at radius 1 is 1.06 bits per heavy atom. The number of benzene rings is 3. The van der Waals surface area contributed by atoms with Crippen LogP contribution >= 0.6 is 0 Å². The Labute approximate surface area is 213 Å². The van der Waals surface area contributed by atoms with E-state index in [1.165, 1.54) is 33.2 Å². The van der Waals surface area contributed by atoms with Crippen LogP contribution in [0.4, 0.5) is 11.4 Å². The second-order valence-corrected chi connectivity index (χ2v) is 11.9. The smallest absolute Gasteiger partial charge is 0.264 e. The zero-order chi connectivity index (χ0) is 25.5. The first-order valence-corrected chi connectivity index (χ1v) is 14.0. The van der Waals surface area contributed by atoms with Gasteiger partial charge in [-0.05, 0) is 76.6 Å². The van der Waals surface area contributed by atoms with E-state index >= 15 is 0 Å². The Balaban J connectivity index is 1.49. The van der Waals surface area contributed by atoms with Crippen LogP contribution in [0.25, 0.3) is 16.8 Å². The van der Waals surface area contributed by atoms with Gasteiger partial charge in [0.15, 0.2) is 0 Å². The molecule has 0 bridgehead atoms. The van der Waals surface area contributed by atoms with E-state index in [1.54, 1.807) is 0 Å². The molecular weight excluding hydrogens is 468 g/mol. The second kappa shape index (κ2) is 9.34. The maximum atomic E-state index is 11.1. The minimum atomic E-state index is -3.94. The summed E-state index contributed by atoms with van der Waals surface area (Å²) in [7, 11) is -1.82. The summed E-state index contributed by atoms with van der Waals surface area (Å²) in [6, 6.07) is 19.0. The quantitative estimate of drug-likeness (QED) is 0.297. The van der Waals surface area contributed by atoms with Crippen molar-refractivity contribution in [2.75, 3.05) is 24.2 Å². The summed E-state index contributed by atoms with van der Waals surface area (Å²) in [5.41, 5.74) is 7.81. The highest BCUT2D eigenvalue weighted by Crippen LogP contribution is 2.47. The average Bonchev–Trinajstić information content (AvgIpc) is 3.10. The SMILES string of the molecule is CN1CC(C=CC2=Nc3c(CCCCS(=O)(=O)O)cc4ccccc4c3C2(C)C)=Cc2ccccc21. The van der Waals surface area contributed by atoms with Gasteiger partial charge in [-0.1, -0.05) is 62.4 Å². The van der Waals surface area contributed by atoms with E-state index in [-0.39, 0.29) is 11.2 Å². The largest absolute Gasteiger partial charge is 0.370 e. The van der Waals surface area contributed by atoms with Gasteiger partial charge >= 0.3 is 0 Å². The minimum Gasteiger partial charge on any atom is -0.370 e. The molecule has 0 aromatic heterocycles. The van der Waals surface area contributed by atoms with Gasteiger partial charge in [-0.2, -0.15) is 8.42 Å². The topological polar surface area (TPSA) is 70.0 Å². The molecule has 36 heavy (non-hydrogen) atoms. The lowest BCUT2D eigenvalue weighted by Gasteiger charge is -2.27. The molecular formula is C30H32N2O3S. The lowest BCUT2D eigenvalue weighted by molar-refractivity contribution is 0.480. The van der Waals surface area contributed by atoms with E-state index in [1.807, 2.05) is 6.07 Å². The standard InChI is InChI=1S/C30H32N2O3S/c1-30(2)27(16-15-21-18-23-11-5-7-14-26(23)32(3)20-21)31-29-24(12-8-9-17-36(33,34)35)19-22-10-4-6-13-25(22)28(29)30/h4-7,10-11,13-16,18-19H,8-9,12,17,20H2,1-3H3,(H,33,34,35). The summed E-state index contributed by atoms with van der Waals surface area (Å²) in [5.74, 6) is -0.210. The number of unbranched alkanes of at least 4 members (excludes halogenated alkanes) is 1. The molecule has 0 fully saturated rings. The number of anilines is 1. The average molecular weight is 501 g/mol. The summed E-state index contributed by atoms with van der Waals surface area (Å²) in [4.78, 5) is 7.42.